The van der Waals surface area contributed by atoms with Crippen LogP contribution in [0.4, 0.5) is 8.78 Å². The van der Waals surface area contributed by atoms with E-state index in [4.69, 9.17) is 5.73 Å². The number of hydrogen-bond acceptors (Lipinski definition) is 1. The molecule has 2 nitrogen and oxygen atoms in total. The number of primary amides is 1. The minimum Gasteiger partial charge on any atom is -0.370 e. The van der Waals surface area contributed by atoms with Gasteiger partial charge in [-0.3, -0.25) is 4.79 Å². The molecule has 1 amide bonds. The molecule has 0 bridgehead atoms. The monoisotopic (exact) mass is 241 g/mol. The van der Waals surface area contributed by atoms with Crippen LogP contribution in [0.25, 0.3) is 0 Å². The fourth-order valence-corrected chi connectivity index (χ4v) is 1.92. The first-order valence-corrected chi connectivity index (χ1v) is 5.63. The van der Waals surface area contributed by atoms with Crippen LogP contribution in [0.3, 0.4) is 0 Å². The Morgan fingerprint density at radius 2 is 1.94 bits per heavy atom. The van der Waals surface area contributed by atoms with Crippen LogP contribution < -0.4 is 5.73 Å². The summed E-state index contributed by atoms with van der Waals surface area (Å²) in [6, 6.07) is 3.73. The van der Waals surface area contributed by atoms with Gasteiger partial charge >= 0.3 is 0 Å². The molecule has 1 atom stereocenters. The van der Waals surface area contributed by atoms with E-state index in [1.807, 2.05) is 13.8 Å². The maximum Gasteiger partial charge on any atom is 0.218 e. The average Bonchev–Trinajstić information content (AvgIpc) is 2.19. The third kappa shape index (κ3) is 4.13. The van der Waals surface area contributed by atoms with Crippen LogP contribution in [-0.2, 0) is 4.79 Å². The average molecular weight is 241 g/mol. The Morgan fingerprint density at radius 1 is 1.29 bits per heavy atom. The number of carbonyl (C=O) groups is 1. The molecule has 2 N–H and O–H groups in total. The van der Waals surface area contributed by atoms with E-state index in [1.165, 1.54) is 6.07 Å². The van der Waals surface area contributed by atoms with Crippen LogP contribution in [-0.4, -0.2) is 5.91 Å². The van der Waals surface area contributed by atoms with Crippen LogP contribution in [0.2, 0.25) is 0 Å². The highest BCUT2D eigenvalue weighted by Crippen LogP contribution is 2.27. The summed E-state index contributed by atoms with van der Waals surface area (Å²) in [5.41, 5.74) is 5.79. The molecule has 94 valence electrons. The molecule has 0 heterocycles. The lowest BCUT2D eigenvalue weighted by atomic mass is 9.87. The molecule has 0 saturated heterocycles. The normalized spacial score (nSPS) is 12.8. The molecule has 0 radical (unpaired) electrons. The molecule has 17 heavy (non-hydrogen) atoms. The molecule has 0 fully saturated rings. The highest BCUT2D eigenvalue weighted by molar-refractivity contribution is 5.74. The Morgan fingerprint density at radius 3 is 2.41 bits per heavy atom. The number of halogens is 2. The number of amides is 1. The van der Waals surface area contributed by atoms with Crippen LogP contribution in [0, 0.1) is 17.6 Å². The van der Waals surface area contributed by atoms with Gasteiger partial charge in [-0.1, -0.05) is 19.9 Å². The molecule has 0 aromatic heterocycles. The second-order valence-corrected chi connectivity index (χ2v) is 4.67. The lowest BCUT2D eigenvalue weighted by Gasteiger charge is -2.18. The highest BCUT2D eigenvalue weighted by atomic mass is 19.2. The number of rotatable bonds is 5. The summed E-state index contributed by atoms with van der Waals surface area (Å²) in [6.07, 6.45) is 0.872. The van der Waals surface area contributed by atoms with Crippen molar-refractivity contribution in [2.45, 2.75) is 32.6 Å². The number of benzene rings is 1. The Hall–Kier alpha value is -1.45. The van der Waals surface area contributed by atoms with E-state index in [2.05, 4.69) is 0 Å². The Bertz CT molecular complexity index is 404. The first kappa shape index (κ1) is 13.6. The Kier molecular flexibility index (Phi) is 4.61. The topological polar surface area (TPSA) is 43.1 Å². The summed E-state index contributed by atoms with van der Waals surface area (Å²) < 4.78 is 25.9. The van der Waals surface area contributed by atoms with Gasteiger partial charge in [-0.15, -0.1) is 0 Å². The summed E-state index contributed by atoms with van der Waals surface area (Å²) in [5, 5.41) is 0. The Labute approximate surface area is 99.8 Å². The first-order chi connectivity index (χ1) is 7.90. The molecule has 0 aliphatic rings. The van der Waals surface area contributed by atoms with Crippen molar-refractivity contribution in [3.63, 3.8) is 0 Å². The van der Waals surface area contributed by atoms with Crippen molar-refractivity contribution in [2.24, 2.45) is 11.7 Å². The molecular weight excluding hydrogens is 224 g/mol. The van der Waals surface area contributed by atoms with Crippen LogP contribution in [0.1, 0.15) is 38.2 Å². The SMILES string of the molecule is CC(C)CC(CC(N)=O)c1ccc(F)c(F)c1. The molecule has 1 aromatic carbocycles. The summed E-state index contributed by atoms with van der Waals surface area (Å²) in [4.78, 5) is 11.0. The summed E-state index contributed by atoms with van der Waals surface area (Å²) in [7, 11) is 0. The zero-order chi connectivity index (χ0) is 13.0. The molecule has 0 spiro atoms. The second kappa shape index (κ2) is 5.75. The second-order valence-electron chi connectivity index (χ2n) is 4.67. The van der Waals surface area contributed by atoms with E-state index in [9.17, 15) is 13.6 Å². The van der Waals surface area contributed by atoms with E-state index in [0.717, 1.165) is 12.1 Å². The van der Waals surface area contributed by atoms with E-state index in [-0.39, 0.29) is 12.3 Å². The number of nitrogens with two attached hydrogens (primary N) is 1. The van der Waals surface area contributed by atoms with Gasteiger partial charge in [0.05, 0.1) is 0 Å². The maximum absolute atomic E-state index is 13.1. The van der Waals surface area contributed by atoms with Crippen molar-refractivity contribution in [3.05, 3.63) is 35.4 Å². The largest absolute Gasteiger partial charge is 0.370 e. The molecule has 1 unspecified atom stereocenters. The minimum absolute atomic E-state index is 0.150. The van der Waals surface area contributed by atoms with Crippen molar-refractivity contribution >= 4 is 5.91 Å². The van der Waals surface area contributed by atoms with Crippen molar-refractivity contribution < 1.29 is 13.6 Å². The van der Waals surface area contributed by atoms with Gasteiger partial charge in [0.2, 0.25) is 5.91 Å². The van der Waals surface area contributed by atoms with Gasteiger partial charge in [0, 0.05) is 6.42 Å². The smallest absolute Gasteiger partial charge is 0.218 e. The predicted molar refractivity (Wildman–Crippen MR) is 62.4 cm³/mol. The molecule has 0 aliphatic heterocycles. The van der Waals surface area contributed by atoms with Crippen LogP contribution in [0.15, 0.2) is 18.2 Å². The zero-order valence-electron chi connectivity index (χ0n) is 10.0. The van der Waals surface area contributed by atoms with Gasteiger partial charge in [0.15, 0.2) is 11.6 Å². The van der Waals surface area contributed by atoms with Gasteiger partial charge < -0.3 is 5.73 Å². The van der Waals surface area contributed by atoms with Crippen molar-refractivity contribution in [1.82, 2.24) is 0 Å². The summed E-state index contributed by atoms with van der Waals surface area (Å²) in [5.74, 6) is -1.99. The lowest BCUT2D eigenvalue weighted by molar-refractivity contribution is -0.118. The molecule has 1 rings (SSSR count). The van der Waals surface area contributed by atoms with Crippen LogP contribution >= 0.6 is 0 Å². The van der Waals surface area contributed by atoms with E-state index < -0.39 is 17.5 Å². The van der Waals surface area contributed by atoms with Gasteiger partial charge in [0.1, 0.15) is 0 Å². The zero-order valence-corrected chi connectivity index (χ0v) is 10.0. The summed E-state index contributed by atoms with van der Waals surface area (Å²) >= 11 is 0. The Balaban J connectivity index is 2.94. The fraction of sp³-hybridized carbons (Fsp3) is 0.462. The molecular formula is C13H17F2NO. The van der Waals surface area contributed by atoms with Gasteiger partial charge in [-0.2, -0.15) is 0 Å². The molecule has 1 aromatic rings. The maximum atomic E-state index is 13.1. The van der Waals surface area contributed by atoms with E-state index in [0.29, 0.717) is 17.9 Å². The van der Waals surface area contributed by atoms with Gasteiger partial charge in [-0.25, -0.2) is 8.78 Å². The van der Waals surface area contributed by atoms with Crippen molar-refractivity contribution in [1.29, 1.82) is 0 Å². The van der Waals surface area contributed by atoms with Crippen molar-refractivity contribution in [3.8, 4) is 0 Å². The highest BCUT2D eigenvalue weighted by Gasteiger charge is 2.17. The molecule has 0 aliphatic carbocycles. The van der Waals surface area contributed by atoms with Gasteiger partial charge in [0.25, 0.3) is 0 Å². The lowest BCUT2D eigenvalue weighted by Crippen LogP contribution is -2.16. The number of carbonyl (C=O) groups excluding carboxylic acids is 1. The quantitative estimate of drug-likeness (QED) is 0.846. The summed E-state index contributed by atoms with van der Waals surface area (Å²) in [6.45, 7) is 4.02. The predicted octanol–water partition coefficient (Wildman–Crippen LogP) is 2.97. The van der Waals surface area contributed by atoms with Crippen LogP contribution in [0.5, 0.6) is 0 Å². The third-order valence-corrected chi connectivity index (χ3v) is 2.62. The van der Waals surface area contributed by atoms with E-state index >= 15 is 0 Å². The third-order valence-electron chi connectivity index (χ3n) is 2.62. The fourth-order valence-electron chi connectivity index (χ4n) is 1.92. The standard InChI is InChI=1S/C13H17F2NO/c1-8(2)5-10(7-13(16)17)9-3-4-11(14)12(15)6-9/h3-4,6,8,10H,5,7H2,1-2H3,(H2,16,17). The molecule has 4 heteroatoms. The first-order valence-electron chi connectivity index (χ1n) is 5.63. The van der Waals surface area contributed by atoms with Gasteiger partial charge in [-0.05, 0) is 36.0 Å². The molecule has 0 saturated carbocycles. The van der Waals surface area contributed by atoms with E-state index in [1.54, 1.807) is 0 Å². The number of hydrogen-bond donors (Lipinski definition) is 1. The minimum atomic E-state index is -0.888. The van der Waals surface area contributed by atoms with Crippen molar-refractivity contribution in [2.75, 3.05) is 0 Å².